The van der Waals surface area contributed by atoms with E-state index in [9.17, 15) is 8.78 Å². The maximum atomic E-state index is 13.8. The molecule has 0 amide bonds. The lowest BCUT2D eigenvalue weighted by Gasteiger charge is -2.24. The first-order valence-corrected chi connectivity index (χ1v) is 6.73. The average molecular weight is 280 g/mol. The van der Waals surface area contributed by atoms with Gasteiger partial charge < -0.3 is 9.64 Å². The van der Waals surface area contributed by atoms with E-state index >= 15 is 0 Å². The molecule has 1 aromatic heterocycles. The third-order valence-electron chi connectivity index (χ3n) is 3.17. The van der Waals surface area contributed by atoms with E-state index in [0.717, 1.165) is 18.3 Å². The number of hydrogen-bond acceptors (Lipinski definition) is 3. The maximum Gasteiger partial charge on any atom is 0.152 e. The first kappa shape index (κ1) is 14.7. The van der Waals surface area contributed by atoms with Crippen LogP contribution in [0, 0.1) is 11.6 Å². The van der Waals surface area contributed by atoms with E-state index in [-0.39, 0.29) is 5.52 Å². The molecule has 0 saturated heterocycles. The Hall–Kier alpha value is -1.75. The van der Waals surface area contributed by atoms with Crippen molar-refractivity contribution in [1.29, 1.82) is 0 Å². The number of rotatable bonds is 6. The van der Waals surface area contributed by atoms with E-state index in [4.69, 9.17) is 4.74 Å². The number of ether oxygens (including phenoxy) is 1. The van der Waals surface area contributed by atoms with E-state index in [0.29, 0.717) is 25.1 Å². The van der Waals surface area contributed by atoms with Gasteiger partial charge in [-0.25, -0.2) is 8.78 Å². The van der Waals surface area contributed by atoms with Gasteiger partial charge in [0.1, 0.15) is 11.3 Å². The van der Waals surface area contributed by atoms with Crippen LogP contribution in [0.15, 0.2) is 24.4 Å². The molecule has 0 N–H and O–H groups in total. The van der Waals surface area contributed by atoms with Gasteiger partial charge in [0.05, 0.1) is 6.61 Å². The zero-order valence-corrected chi connectivity index (χ0v) is 11.7. The number of pyridine rings is 1. The lowest BCUT2D eigenvalue weighted by atomic mass is 10.1. The molecule has 2 aromatic rings. The van der Waals surface area contributed by atoms with Gasteiger partial charge in [-0.3, -0.25) is 4.98 Å². The minimum Gasteiger partial charge on any atom is -0.380 e. The fraction of sp³-hybridized carbons (Fsp3) is 0.400. The van der Waals surface area contributed by atoms with Crippen molar-refractivity contribution >= 4 is 16.6 Å². The van der Waals surface area contributed by atoms with Gasteiger partial charge in [0.25, 0.3) is 0 Å². The Labute approximate surface area is 117 Å². The van der Waals surface area contributed by atoms with E-state index in [2.05, 4.69) is 4.98 Å². The Kier molecular flexibility index (Phi) is 4.84. The molecular formula is C15H18F2N2O. The monoisotopic (exact) mass is 280 g/mol. The highest BCUT2D eigenvalue weighted by Gasteiger charge is 2.13. The number of anilines is 1. The van der Waals surface area contributed by atoms with Crippen LogP contribution in [0.4, 0.5) is 14.5 Å². The second-order valence-electron chi connectivity index (χ2n) is 4.39. The molecule has 1 aromatic carbocycles. The van der Waals surface area contributed by atoms with Gasteiger partial charge in [0, 0.05) is 43.0 Å². The van der Waals surface area contributed by atoms with Gasteiger partial charge in [0.2, 0.25) is 0 Å². The van der Waals surface area contributed by atoms with Crippen molar-refractivity contribution in [3.8, 4) is 0 Å². The highest BCUT2D eigenvalue weighted by atomic mass is 19.1. The Bertz CT molecular complexity index is 589. The van der Waals surface area contributed by atoms with Crippen molar-refractivity contribution in [1.82, 2.24) is 4.98 Å². The molecule has 108 valence electrons. The van der Waals surface area contributed by atoms with E-state index < -0.39 is 11.6 Å². The Balaban J connectivity index is 2.41. The molecule has 0 radical (unpaired) electrons. The molecule has 0 unspecified atom stereocenters. The lowest BCUT2D eigenvalue weighted by Crippen LogP contribution is -2.27. The number of halogens is 2. The summed E-state index contributed by atoms with van der Waals surface area (Å²) in [7, 11) is 0. The van der Waals surface area contributed by atoms with Crippen molar-refractivity contribution in [2.24, 2.45) is 0 Å². The zero-order valence-electron chi connectivity index (χ0n) is 11.7. The molecule has 0 spiro atoms. The summed E-state index contributed by atoms with van der Waals surface area (Å²) in [5.74, 6) is -1.23. The fourth-order valence-corrected chi connectivity index (χ4v) is 2.21. The lowest BCUT2D eigenvalue weighted by molar-refractivity contribution is 0.154. The van der Waals surface area contributed by atoms with E-state index in [1.165, 1.54) is 6.07 Å². The minimum absolute atomic E-state index is 0.193. The van der Waals surface area contributed by atoms with Crippen LogP contribution >= 0.6 is 0 Å². The zero-order chi connectivity index (χ0) is 14.5. The number of nitrogens with zero attached hydrogens (tertiary/aromatic N) is 2. The number of fused-ring (bicyclic) bond motifs is 1. The SMILES string of the molecule is CCOCCN(CC)c1ccnc2c(F)cc(F)cc12. The molecule has 1 heterocycles. The van der Waals surface area contributed by atoms with Gasteiger partial charge in [-0.1, -0.05) is 0 Å². The van der Waals surface area contributed by atoms with Crippen LogP contribution in [0.1, 0.15) is 13.8 Å². The van der Waals surface area contributed by atoms with Crippen LogP contribution in [0.3, 0.4) is 0 Å². The predicted octanol–water partition coefficient (Wildman–Crippen LogP) is 3.38. The molecule has 2 rings (SSSR count). The van der Waals surface area contributed by atoms with Crippen LogP contribution in [-0.2, 0) is 4.74 Å². The summed E-state index contributed by atoms with van der Waals surface area (Å²) >= 11 is 0. The third kappa shape index (κ3) is 3.04. The molecule has 20 heavy (non-hydrogen) atoms. The van der Waals surface area contributed by atoms with Gasteiger partial charge in [-0.2, -0.15) is 0 Å². The second-order valence-corrected chi connectivity index (χ2v) is 4.39. The first-order valence-electron chi connectivity index (χ1n) is 6.73. The Morgan fingerprint density at radius 2 is 2.05 bits per heavy atom. The van der Waals surface area contributed by atoms with Gasteiger partial charge in [-0.05, 0) is 26.0 Å². The predicted molar refractivity (Wildman–Crippen MR) is 76.0 cm³/mol. The van der Waals surface area contributed by atoms with E-state index in [1.807, 2.05) is 18.7 Å². The van der Waals surface area contributed by atoms with Gasteiger partial charge in [0.15, 0.2) is 5.82 Å². The van der Waals surface area contributed by atoms with Crippen LogP contribution in [0.5, 0.6) is 0 Å². The van der Waals surface area contributed by atoms with Crippen molar-refractivity contribution in [3.05, 3.63) is 36.0 Å². The highest BCUT2D eigenvalue weighted by Crippen LogP contribution is 2.27. The largest absolute Gasteiger partial charge is 0.380 e. The quantitative estimate of drug-likeness (QED) is 0.759. The molecular weight excluding hydrogens is 262 g/mol. The van der Waals surface area contributed by atoms with Crippen molar-refractivity contribution in [2.45, 2.75) is 13.8 Å². The summed E-state index contributed by atoms with van der Waals surface area (Å²) < 4.78 is 32.5. The van der Waals surface area contributed by atoms with Gasteiger partial charge in [-0.15, -0.1) is 0 Å². The number of aromatic nitrogens is 1. The smallest absolute Gasteiger partial charge is 0.152 e. The molecule has 5 heteroatoms. The first-order chi connectivity index (χ1) is 9.67. The average Bonchev–Trinajstić information content (AvgIpc) is 2.43. The van der Waals surface area contributed by atoms with E-state index in [1.54, 1.807) is 12.3 Å². The van der Waals surface area contributed by atoms with Crippen molar-refractivity contribution < 1.29 is 13.5 Å². The topological polar surface area (TPSA) is 25.4 Å². The summed E-state index contributed by atoms with van der Waals surface area (Å²) in [4.78, 5) is 6.02. The molecule has 0 bridgehead atoms. The summed E-state index contributed by atoms with van der Waals surface area (Å²) in [5.41, 5.74) is 0.967. The number of hydrogen-bond donors (Lipinski definition) is 0. The number of likely N-dealkylation sites (N-methyl/N-ethyl adjacent to an activating group) is 1. The molecule has 0 aliphatic rings. The minimum atomic E-state index is -0.636. The maximum absolute atomic E-state index is 13.8. The van der Waals surface area contributed by atoms with Crippen molar-refractivity contribution in [2.75, 3.05) is 31.2 Å². The normalized spacial score (nSPS) is 11.0. The molecule has 3 nitrogen and oxygen atoms in total. The second kappa shape index (κ2) is 6.61. The third-order valence-corrected chi connectivity index (χ3v) is 3.17. The van der Waals surface area contributed by atoms with Crippen LogP contribution < -0.4 is 4.90 Å². The molecule has 0 atom stereocenters. The molecule has 0 aliphatic heterocycles. The summed E-state index contributed by atoms with van der Waals surface area (Å²) in [6, 6.07) is 3.95. The highest BCUT2D eigenvalue weighted by molar-refractivity contribution is 5.91. The summed E-state index contributed by atoms with van der Waals surface area (Å²) in [6.07, 6.45) is 1.54. The van der Waals surface area contributed by atoms with Crippen LogP contribution in [0.25, 0.3) is 10.9 Å². The molecule has 0 aliphatic carbocycles. The molecule has 0 saturated carbocycles. The van der Waals surface area contributed by atoms with Crippen LogP contribution in [0.2, 0.25) is 0 Å². The Morgan fingerprint density at radius 1 is 1.25 bits per heavy atom. The molecule has 0 fully saturated rings. The van der Waals surface area contributed by atoms with Crippen molar-refractivity contribution in [3.63, 3.8) is 0 Å². The van der Waals surface area contributed by atoms with Gasteiger partial charge >= 0.3 is 0 Å². The Morgan fingerprint density at radius 3 is 2.75 bits per heavy atom. The summed E-state index contributed by atoms with van der Waals surface area (Å²) in [6.45, 7) is 6.55. The number of benzene rings is 1. The summed E-state index contributed by atoms with van der Waals surface area (Å²) in [5, 5.41) is 0.489. The standard InChI is InChI=1S/C15H18F2N2O/c1-3-19(7-8-20-4-2)14-5-6-18-15-12(14)9-11(16)10-13(15)17/h5-6,9-10H,3-4,7-8H2,1-2H3. The fourth-order valence-electron chi connectivity index (χ4n) is 2.21. The van der Waals surface area contributed by atoms with Crippen LogP contribution in [-0.4, -0.2) is 31.3 Å².